The fourth-order valence-electron chi connectivity index (χ4n) is 15.3. The highest BCUT2D eigenvalue weighted by molar-refractivity contribution is 5.98. The standard InChI is InChI=1S/C38H49N7O3.C36H43N7O2/c1-27-9-7-10-28-11-8-12-32(33(27)28)43-20-14-30-31(24-43)40-35(47-26-38(15-16-38)25-42-18-5-6-19-42)41-34(30)44-21-22-45(29(23-44)13-17-39)36(46)48-37(2,3)4;1-3-32(44)43-21-20-42(22-28(43)12-16-37)34-29-13-19-41(31-11-7-10-27-9-6-8-26(2)33(27)31)23-30(29)38-35(39-34)45-25-36(14-15-36)24-40-17-4-5-18-40/h7-12,29H,5-6,13-16,18-26H2,1-4H3;3,6-11,28H,1,4-5,12-15,17-25H2,2H3. The number of nitrogens with zero attached hydrogens (tertiary/aromatic N) is 14. The number of fused-ring (bicyclic) bond motifs is 4. The Hall–Kier alpha value is -8.26. The predicted molar refractivity (Wildman–Crippen MR) is 364 cm³/mol. The Morgan fingerprint density at radius 2 is 1.01 bits per heavy atom. The Balaban J connectivity index is 0.000000170. The molecule has 0 bridgehead atoms. The number of rotatable bonds is 17. The first-order valence-electron chi connectivity index (χ1n) is 34.2. The van der Waals surface area contributed by atoms with Crippen molar-refractivity contribution >= 4 is 56.6 Å². The Kier molecular flexibility index (Phi) is 18.4. The predicted octanol–water partition coefficient (Wildman–Crippen LogP) is 11.0. The molecule has 2 unspecified atom stereocenters. The first-order valence-corrected chi connectivity index (χ1v) is 34.2. The van der Waals surface area contributed by atoms with E-state index in [9.17, 15) is 20.1 Å². The number of likely N-dealkylation sites (tertiary alicyclic amines) is 2. The summed E-state index contributed by atoms with van der Waals surface area (Å²) in [4.78, 5) is 64.1. The molecule has 0 N–H and O–H groups in total. The highest BCUT2D eigenvalue weighted by atomic mass is 16.6. The summed E-state index contributed by atoms with van der Waals surface area (Å²) in [6.45, 7) is 28.1. The molecule has 2 saturated carbocycles. The summed E-state index contributed by atoms with van der Waals surface area (Å²) >= 11 is 0. The third kappa shape index (κ3) is 14.2. The monoisotopic (exact) mass is 1260 g/mol. The van der Waals surface area contributed by atoms with E-state index in [0.29, 0.717) is 77.6 Å². The number of piperazine rings is 2. The maximum absolute atomic E-state index is 13.1. The number of anilines is 4. The van der Waals surface area contributed by atoms with Crippen LogP contribution in [0.1, 0.15) is 119 Å². The van der Waals surface area contributed by atoms with Crippen LogP contribution in [0.4, 0.5) is 27.8 Å². The molecule has 19 nitrogen and oxygen atoms in total. The molecule has 6 aromatic rings. The van der Waals surface area contributed by atoms with Gasteiger partial charge in [0.25, 0.3) is 0 Å². The summed E-state index contributed by atoms with van der Waals surface area (Å²) in [6, 6.07) is 31.0. The summed E-state index contributed by atoms with van der Waals surface area (Å²) in [5.41, 5.74) is 9.03. The van der Waals surface area contributed by atoms with Crippen LogP contribution in [0.15, 0.2) is 85.5 Å². The maximum atomic E-state index is 13.1. The van der Waals surface area contributed by atoms with E-state index in [-0.39, 0.29) is 47.8 Å². The highest BCUT2D eigenvalue weighted by Crippen LogP contribution is 2.49. The Morgan fingerprint density at radius 1 is 0.581 bits per heavy atom. The van der Waals surface area contributed by atoms with Crippen molar-refractivity contribution in [2.45, 2.75) is 142 Å². The average molecular weight is 1260 g/mol. The van der Waals surface area contributed by atoms with E-state index in [1.807, 2.05) is 20.8 Å². The van der Waals surface area contributed by atoms with Crippen LogP contribution in [0.2, 0.25) is 0 Å². The lowest BCUT2D eigenvalue weighted by atomic mass is 9.99. The van der Waals surface area contributed by atoms with E-state index in [0.717, 1.165) is 73.2 Å². The molecule has 2 aliphatic carbocycles. The zero-order valence-corrected chi connectivity index (χ0v) is 55.4. The van der Waals surface area contributed by atoms with Gasteiger partial charge in [0.2, 0.25) is 5.91 Å². The van der Waals surface area contributed by atoms with Gasteiger partial charge in [-0.1, -0.05) is 67.2 Å². The van der Waals surface area contributed by atoms with Gasteiger partial charge in [-0.15, -0.1) is 0 Å². The van der Waals surface area contributed by atoms with Gasteiger partial charge in [0.05, 0.1) is 74.8 Å². The van der Waals surface area contributed by atoms with Gasteiger partial charge in [-0.25, -0.2) is 4.79 Å². The molecule has 2 aromatic heterocycles. The first kappa shape index (κ1) is 63.5. The second-order valence-electron chi connectivity index (χ2n) is 28.6. The Morgan fingerprint density at radius 3 is 1.43 bits per heavy atom. The molecule has 2 amide bonds. The van der Waals surface area contributed by atoms with Crippen molar-refractivity contribution in [1.82, 2.24) is 39.5 Å². The number of nitriles is 2. The molecule has 0 spiro atoms. The minimum absolute atomic E-state index is 0.127. The van der Waals surface area contributed by atoms with Crippen molar-refractivity contribution in [1.29, 1.82) is 10.5 Å². The summed E-state index contributed by atoms with van der Waals surface area (Å²) < 4.78 is 18.7. The molecule has 93 heavy (non-hydrogen) atoms. The second kappa shape index (κ2) is 27.0. The molecular weight excluding hydrogens is 1160 g/mol. The van der Waals surface area contributed by atoms with Crippen molar-refractivity contribution < 1.29 is 23.8 Å². The largest absolute Gasteiger partial charge is 0.463 e. The first-order chi connectivity index (χ1) is 45.1. The van der Waals surface area contributed by atoms with Gasteiger partial charge >= 0.3 is 18.1 Å². The maximum Gasteiger partial charge on any atom is 0.410 e. The molecule has 19 heteroatoms. The molecule has 488 valence electrons. The minimum Gasteiger partial charge on any atom is -0.463 e. The Bertz CT molecular complexity index is 3820. The normalized spacial score (nSPS) is 20.9. The third-order valence-electron chi connectivity index (χ3n) is 20.7. The molecule has 6 fully saturated rings. The molecule has 6 aliphatic heterocycles. The van der Waals surface area contributed by atoms with E-state index < -0.39 is 5.60 Å². The van der Waals surface area contributed by atoms with Crippen LogP contribution in [0.25, 0.3) is 21.5 Å². The van der Waals surface area contributed by atoms with Crippen molar-refractivity contribution in [2.75, 3.05) is 124 Å². The van der Waals surface area contributed by atoms with Crippen LogP contribution in [0.5, 0.6) is 12.0 Å². The number of aryl methyl sites for hydroxylation is 2. The van der Waals surface area contributed by atoms with Crippen LogP contribution < -0.4 is 29.1 Å². The Labute approximate surface area is 548 Å². The summed E-state index contributed by atoms with van der Waals surface area (Å²) in [6.07, 6.45) is 12.9. The van der Waals surface area contributed by atoms with Crippen molar-refractivity contribution in [3.05, 3.63) is 119 Å². The smallest absolute Gasteiger partial charge is 0.410 e. The van der Waals surface area contributed by atoms with E-state index in [4.69, 9.17) is 34.1 Å². The molecule has 4 saturated heterocycles. The number of hydrogen-bond donors (Lipinski definition) is 0. The molecular formula is C74H92N14O5. The van der Waals surface area contributed by atoms with E-state index in [1.165, 1.54) is 128 Å². The lowest BCUT2D eigenvalue weighted by molar-refractivity contribution is -0.128. The van der Waals surface area contributed by atoms with Crippen LogP contribution in [0, 0.1) is 47.3 Å². The quantitative estimate of drug-likeness (QED) is 0.0784. The summed E-state index contributed by atoms with van der Waals surface area (Å²) in [5, 5.41) is 24.4. The van der Waals surface area contributed by atoms with Gasteiger partial charge in [0, 0.05) is 110 Å². The summed E-state index contributed by atoms with van der Waals surface area (Å²) in [7, 11) is 0. The summed E-state index contributed by atoms with van der Waals surface area (Å²) in [5.74, 6) is 1.64. The SMILES string of the molecule is C=CC(=O)N1CCN(c2nc(OCC3(CN4CCCC4)CC3)nc3c2CCN(c2cccc4cccc(C)c24)C3)CC1CC#N.Cc1cccc2cccc(N3CCc4c(nc(OCC5(CN6CCCC6)CC5)nc4N4CCN(C(=O)OC(C)(C)C)C(CC#N)C4)C3)c12. The highest BCUT2D eigenvalue weighted by Gasteiger charge is 2.47. The molecule has 2 atom stereocenters. The van der Waals surface area contributed by atoms with Gasteiger partial charge in [0.15, 0.2) is 0 Å². The minimum atomic E-state index is -0.606. The zero-order chi connectivity index (χ0) is 64.4. The lowest BCUT2D eigenvalue weighted by Crippen LogP contribution is -2.56. The second-order valence-corrected chi connectivity index (χ2v) is 28.6. The number of benzene rings is 4. The van der Waals surface area contributed by atoms with Crippen LogP contribution in [0.3, 0.4) is 0 Å². The molecule has 4 aromatic carbocycles. The third-order valence-corrected chi connectivity index (χ3v) is 20.7. The fourth-order valence-corrected chi connectivity index (χ4v) is 15.3. The van der Waals surface area contributed by atoms with E-state index >= 15 is 0 Å². The number of carbonyl (C=O) groups is 2. The van der Waals surface area contributed by atoms with Crippen LogP contribution >= 0.6 is 0 Å². The van der Waals surface area contributed by atoms with Crippen LogP contribution in [-0.4, -0.2) is 174 Å². The van der Waals surface area contributed by atoms with Gasteiger partial charge in [-0.2, -0.15) is 30.5 Å². The number of carbonyl (C=O) groups excluding carboxylic acids is 2. The molecule has 8 aliphatic rings. The van der Waals surface area contributed by atoms with Gasteiger partial charge in [0.1, 0.15) is 17.2 Å². The van der Waals surface area contributed by atoms with Crippen molar-refractivity contribution in [3.63, 3.8) is 0 Å². The van der Waals surface area contributed by atoms with E-state index in [1.54, 1.807) is 9.80 Å². The van der Waals surface area contributed by atoms with Crippen molar-refractivity contribution in [3.8, 4) is 24.2 Å². The average Bonchev–Trinajstić information content (AvgIpc) is 1.08. The fraction of sp³-hybridized carbons (Fsp3) is 0.541. The lowest BCUT2D eigenvalue weighted by Gasteiger charge is -2.42. The number of ether oxygens (including phenoxy) is 3. The van der Waals surface area contributed by atoms with Crippen LogP contribution in [-0.2, 0) is 35.5 Å². The van der Waals surface area contributed by atoms with Gasteiger partial charge in [-0.3, -0.25) is 4.79 Å². The van der Waals surface area contributed by atoms with E-state index in [2.05, 4.69) is 135 Å². The molecule has 8 heterocycles. The van der Waals surface area contributed by atoms with Crippen molar-refractivity contribution in [2.24, 2.45) is 10.8 Å². The van der Waals surface area contributed by atoms with Gasteiger partial charge in [-0.05, 0) is 165 Å². The topological polar surface area (TPSA) is 187 Å². The molecule has 0 radical (unpaired) electrons. The van der Waals surface area contributed by atoms with Gasteiger partial charge < -0.3 is 53.4 Å². The number of hydrogen-bond acceptors (Lipinski definition) is 17. The zero-order valence-electron chi connectivity index (χ0n) is 55.4. The number of aromatic nitrogens is 4. The molecule has 14 rings (SSSR count). The number of amides is 2.